The van der Waals surface area contributed by atoms with E-state index < -0.39 is 0 Å². The van der Waals surface area contributed by atoms with Crippen molar-refractivity contribution in [3.05, 3.63) is 28.8 Å². The summed E-state index contributed by atoms with van der Waals surface area (Å²) < 4.78 is 5.75. The molecule has 4 nitrogen and oxygen atoms in total. The Kier molecular flexibility index (Phi) is 6.49. The predicted octanol–water partition coefficient (Wildman–Crippen LogP) is 2.23. The van der Waals surface area contributed by atoms with Crippen LogP contribution in [-0.2, 0) is 4.79 Å². The fraction of sp³-hybridized carbons (Fsp3) is 0.562. The van der Waals surface area contributed by atoms with Crippen molar-refractivity contribution in [3.63, 3.8) is 0 Å². The standard InChI is InChI=1S/C16H24N2O2.ClH/c1-11-7-12(2)16(13(3)8-11)20-10-15(19)18(4)14-5-6-17-9-14;/h7-8,14,17H,5-6,9-10H2,1-4H3;1H. The van der Waals surface area contributed by atoms with Crippen LogP contribution in [0.5, 0.6) is 5.75 Å². The van der Waals surface area contributed by atoms with Gasteiger partial charge in [0.1, 0.15) is 5.75 Å². The number of amides is 1. The fourth-order valence-electron chi connectivity index (χ4n) is 2.80. The number of carbonyl (C=O) groups excluding carboxylic acids is 1. The van der Waals surface area contributed by atoms with E-state index in [1.54, 1.807) is 4.90 Å². The number of hydrogen-bond donors (Lipinski definition) is 1. The monoisotopic (exact) mass is 312 g/mol. The van der Waals surface area contributed by atoms with Crippen LogP contribution < -0.4 is 10.1 Å². The number of ether oxygens (including phenoxy) is 1. The number of carbonyl (C=O) groups is 1. The molecular formula is C16H25ClN2O2. The third kappa shape index (κ3) is 4.35. The van der Waals surface area contributed by atoms with Crippen LogP contribution in [0.15, 0.2) is 12.1 Å². The molecule has 1 aromatic rings. The van der Waals surface area contributed by atoms with Crippen molar-refractivity contribution in [1.29, 1.82) is 0 Å². The molecule has 0 bridgehead atoms. The van der Waals surface area contributed by atoms with Gasteiger partial charge >= 0.3 is 0 Å². The number of halogens is 1. The Bertz CT molecular complexity index is 476. The summed E-state index contributed by atoms with van der Waals surface area (Å²) >= 11 is 0. The van der Waals surface area contributed by atoms with Gasteiger partial charge < -0.3 is 15.0 Å². The van der Waals surface area contributed by atoms with Crippen molar-refractivity contribution in [2.75, 3.05) is 26.7 Å². The minimum atomic E-state index is 0. The van der Waals surface area contributed by atoms with E-state index in [4.69, 9.17) is 4.74 Å². The van der Waals surface area contributed by atoms with Crippen LogP contribution in [0, 0.1) is 20.8 Å². The average Bonchev–Trinajstić information content (AvgIpc) is 2.90. The van der Waals surface area contributed by atoms with Gasteiger partial charge in [-0.25, -0.2) is 0 Å². The van der Waals surface area contributed by atoms with Crippen LogP contribution in [0.2, 0.25) is 0 Å². The minimum Gasteiger partial charge on any atom is -0.483 e. The summed E-state index contributed by atoms with van der Waals surface area (Å²) in [7, 11) is 1.86. The van der Waals surface area contributed by atoms with Gasteiger partial charge in [-0.3, -0.25) is 4.79 Å². The molecule has 1 fully saturated rings. The number of benzene rings is 1. The van der Waals surface area contributed by atoms with Crippen LogP contribution >= 0.6 is 12.4 Å². The van der Waals surface area contributed by atoms with Gasteiger partial charge in [0.05, 0.1) is 0 Å². The van der Waals surface area contributed by atoms with E-state index in [2.05, 4.69) is 24.4 Å². The second-order valence-electron chi connectivity index (χ2n) is 5.67. The molecule has 1 heterocycles. The van der Waals surface area contributed by atoms with E-state index in [9.17, 15) is 4.79 Å². The van der Waals surface area contributed by atoms with Crippen LogP contribution in [-0.4, -0.2) is 43.6 Å². The topological polar surface area (TPSA) is 41.6 Å². The number of rotatable bonds is 4. The lowest BCUT2D eigenvalue weighted by Gasteiger charge is -2.24. The lowest BCUT2D eigenvalue weighted by atomic mass is 10.1. The Morgan fingerprint density at radius 3 is 2.48 bits per heavy atom. The minimum absolute atomic E-state index is 0. The highest BCUT2D eigenvalue weighted by atomic mass is 35.5. The first-order valence-electron chi connectivity index (χ1n) is 7.16. The highest BCUT2D eigenvalue weighted by Gasteiger charge is 2.23. The zero-order valence-corrected chi connectivity index (χ0v) is 14.0. The smallest absolute Gasteiger partial charge is 0.260 e. The summed E-state index contributed by atoms with van der Waals surface area (Å²) in [4.78, 5) is 14.0. The lowest BCUT2D eigenvalue weighted by molar-refractivity contribution is -0.133. The molecule has 1 unspecified atom stereocenters. The maximum absolute atomic E-state index is 12.2. The van der Waals surface area contributed by atoms with Crippen molar-refractivity contribution in [2.45, 2.75) is 33.2 Å². The van der Waals surface area contributed by atoms with Gasteiger partial charge in [-0.2, -0.15) is 0 Å². The maximum Gasteiger partial charge on any atom is 0.260 e. The van der Waals surface area contributed by atoms with Crippen molar-refractivity contribution in [1.82, 2.24) is 10.2 Å². The molecular weight excluding hydrogens is 288 g/mol. The highest BCUT2D eigenvalue weighted by molar-refractivity contribution is 5.85. The molecule has 0 aliphatic carbocycles. The molecule has 0 aromatic heterocycles. The van der Waals surface area contributed by atoms with E-state index in [0.29, 0.717) is 6.04 Å². The normalized spacial score (nSPS) is 17.2. The van der Waals surface area contributed by atoms with Crippen LogP contribution in [0.4, 0.5) is 0 Å². The maximum atomic E-state index is 12.2. The van der Waals surface area contributed by atoms with Crippen LogP contribution in [0.3, 0.4) is 0 Å². The van der Waals surface area contributed by atoms with Gasteiger partial charge in [0.2, 0.25) is 0 Å². The quantitative estimate of drug-likeness (QED) is 0.927. The summed E-state index contributed by atoms with van der Waals surface area (Å²) in [5.41, 5.74) is 3.38. The van der Waals surface area contributed by atoms with E-state index in [0.717, 1.165) is 36.4 Å². The SMILES string of the molecule is Cc1cc(C)c(OCC(=O)N(C)C2CCNC2)c(C)c1.Cl. The summed E-state index contributed by atoms with van der Waals surface area (Å²) in [5.74, 6) is 0.875. The zero-order chi connectivity index (χ0) is 14.7. The molecule has 0 radical (unpaired) electrons. The Morgan fingerprint density at radius 2 is 1.95 bits per heavy atom. The highest BCUT2D eigenvalue weighted by Crippen LogP contribution is 2.24. The third-order valence-corrected chi connectivity index (χ3v) is 3.92. The van der Waals surface area contributed by atoms with E-state index in [1.807, 2.05) is 20.9 Å². The molecule has 1 atom stereocenters. The Hall–Kier alpha value is -1.26. The summed E-state index contributed by atoms with van der Waals surface area (Å²) in [5, 5.41) is 3.27. The van der Waals surface area contributed by atoms with E-state index >= 15 is 0 Å². The average molecular weight is 313 g/mol. The Labute approximate surface area is 133 Å². The molecule has 1 saturated heterocycles. The number of nitrogens with one attached hydrogen (secondary N) is 1. The van der Waals surface area contributed by atoms with Gasteiger partial charge in [-0.1, -0.05) is 17.7 Å². The first-order chi connectivity index (χ1) is 9.49. The molecule has 1 aliphatic rings. The van der Waals surface area contributed by atoms with Crippen molar-refractivity contribution in [2.24, 2.45) is 0 Å². The molecule has 0 saturated carbocycles. The second-order valence-corrected chi connectivity index (χ2v) is 5.67. The summed E-state index contributed by atoms with van der Waals surface area (Å²) in [6, 6.07) is 4.46. The molecule has 1 amide bonds. The molecule has 21 heavy (non-hydrogen) atoms. The number of hydrogen-bond acceptors (Lipinski definition) is 3. The molecule has 118 valence electrons. The van der Waals surface area contributed by atoms with Crippen molar-refractivity contribution in [3.8, 4) is 5.75 Å². The first-order valence-corrected chi connectivity index (χ1v) is 7.16. The Balaban J connectivity index is 0.00000220. The molecule has 1 N–H and O–H groups in total. The molecule has 0 spiro atoms. The molecule has 5 heteroatoms. The number of likely N-dealkylation sites (N-methyl/N-ethyl adjacent to an activating group) is 1. The Morgan fingerprint density at radius 1 is 1.33 bits per heavy atom. The van der Waals surface area contributed by atoms with Crippen molar-refractivity contribution >= 4 is 18.3 Å². The molecule has 1 aromatic carbocycles. The van der Waals surface area contributed by atoms with Gasteiger partial charge in [0, 0.05) is 19.6 Å². The van der Waals surface area contributed by atoms with E-state index in [1.165, 1.54) is 5.56 Å². The van der Waals surface area contributed by atoms with Gasteiger partial charge in [0.15, 0.2) is 6.61 Å². The van der Waals surface area contributed by atoms with Crippen LogP contribution in [0.25, 0.3) is 0 Å². The summed E-state index contributed by atoms with van der Waals surface area (Å²) in [6.07, 6.45) is 1.02. The first kappa shape index (κ1) is 17.8. The lowest BCUT2D eigenvalue weighted by Crippen LogP contribution is -2.41. The molecule has 2 rings (SSSR count). The largest absolute Gasteiger partial charge is 0.483 e. The van der Waals surface area contributed by atoms with Crippen LogP contribution in [0.1, 0.15) is 23.1 Å². The van der Waals surface area contributed by atoms with Gasteiger partial charge in [-0.15, -0.1) is 12.4 Å². The summed E-state index contributed by atoms with van der Waals surface area (Å²) in [6.45, 7) is 8.08. The van der Waals surface area contributed by atoms with E-state index in [-0.39, 0.29) is 24.9 Å². The van der Waals surface area contributed by atoms with Gasteiger partial charge in [0.25, 0.3) is 5.91 Å². The number of nitrogens with zero attached hydrogens (tertiary/aromatic N) is 1. The second kappa shape index (κ2) is 7.66. The zero-order valence-electron chi connectivity index (χ0n) is 13.2. The fourth-order valence-corrected chi connectivity index (χ4v) is 2.80. The van der Waals surface area contributed by atoms with Crippen molar-refractivity contribution < 1.29 is 9.53 Å². The molecule has 1 aliphatic heterocycles. The predicted molar refractivity (Wildman–Crippen MR) is 87.4 cm³/mol. The number of aryl methyl sites for hydroxylation is 3. The third-order valence-electron chi connectivity index (χ3n) is 3.92. The van der Waals surface area contributed by atoms with Gasteiger partial charge in [-0.05, 0) is 44.9 Å².